The van der Waals surface area contributed by atoms with Gasteiger partial charge in [0.05, 0.1) is 30.1 Å². The third kappa shape index (κ3) is 3.26. The molecule has 2 rings (SSSR count). The van der Waals surface area contributed by atoms with Crippen LogP contribution >= 0.6 is 34.8 Å². The van der Waals surface area contributed by atoms with Gasteiger partial charge in [0.25, 0.3) is 5.95 Å². The first-order valence-electron chi connectivity index (χ1n) is 5.70. The van der Waals surface area contributed by atoms with E-state index in [1.807, 2.05) is 0 Å². The summed E-state index contributed by atoms with van der Waals surface area (Å²) in [7, 11) is 3.14. The summed E-state index contributed by atoms with van der Waals surface area (Å²) in [5, 5.41) is 9.64. The molecule has 0 amide bonds. The minimum atomic E-state index is 0.124. The third-order valence-electron chi connectivity index (χ3n) is 2.56. The highest BCUT2D eigenvalue weighted by molar-refractivity contribution is 6.56. The quantitative estimate of drug-likeness (QED) is 0.624. The number of hydrogen-bond donors (Lipinski definition) is 0. The number of rotatable bonds is 4. The summed E-state index contributed by atoms with van der Waals surface area (Å²) in [6.45, 7) is 1.64. The molecule has 0 N–H and O–H groups in total. The molecule has 0 unspecified atom stereocenters. The van der Waals surface area contributed by atoms with Gasteiger partial charge in [0, 0.05) is 12.1 Å². The molecule has 2 aromatic rings. The molecular formula is C11H11Cl3N6O. The Hall–Kier alpha value is -1.41. The first-order chi connectivity index (χ1) is 9.95. The molecule has 0 aromatic carbocycles. The second-order valence-electron chi connectivity index (χ2n) is 3.89. The summed E-state index contributed by atoms with van der Waals surface area (Å²) >= 11 is 18.4. The van der Waals surface area contributed by atoms with E-state index in [2.05, 4.69) is 20.3 Å². The van der Waals surface area contributed by atoms with Crippen molar-refractivity contribution in [2.24, 2.45) is 0 Å². The van der Waals surface area contributed by atoms with E-state index >= 15 is 0 Å². The Bertz CT molecular complexity index is 669. The van der Waals surface area contributed by atoms with E-state index in [4.69, 9.17) is 39.6 Å². The molecule has 0 spiro atoms. The first kappa shape index (κ1) is 16.0. The Morgan fingerprint density at radius 1 is 1.33 bits per heavy atom. The van der Waals surface area contributed by atoms with Crippen molar-refractivity contribution in [1.82, 2.24) is 25.0 Å². The molecule has 0 aliphatic carbocycles. The van der Waals surface area contributed by atoms with Crippen LogP contribution in [-0.4, -0.2) is 39.1 Å². The molecule has 0 saturated carbocycles. The Labute approximate surface area is 136 Å². The monoisotopic (exact) mass is 348 g/mol. The Balaban J connectivity index is 2.69. The molecular weight excluding hydrogens is 339 g/mol. The van der Waals surface area contributed by atoms with E-state index in [0.29, 0.717) is 16.4 Å². The van der Waals surface area contributed by atoms with Crippen molar-refractivity contribution >= 4 is 45.7 Å². The van der Waals surface area contributed by atoms with Gasteiger partial charge in [-0.2, -0.15) is 14.6 Å². The molecule has 7 nitrogen and oxygen atoms in total. The highest BCUT2D eigenvalue weighted by Gasteiger charge is 2.21. The summed E-state index contributed by atoms with van der Waals surface area (Å²) in [4.78, 5) is 13.6. The van der Waals surface area contributed by atoms with Crippen molar-refractivity contribution in [3.8, 4) is 5.95 Å². The fourth-order valence-electron chi connectivity index (χ4n) is 1.50. The molecule has 2 aromatic heterocycles. The molecule has 0 atom stereocenters. The van der Waals surface area contributed by atoms with E-state index in [1.165, 1.54) is 23.1 Å². The molecule has 0 aliphatic heterocycles. The van der Waals surface area contributed by atoms with Gasteiger partial charge in [-0.05, 0) is 6.92 Å². The van der Waals surface area contributed by atoms with Crippen molar-refractivity contribution < 1.29 is 4.84 Å². The van der Waals surface area contributed by atoms with Crippen LogP contribution in [0.3, 0.4) is 0 Å². The van der Waals surface area contributed by atoms with Crippen molar-refractivity contribution in [1.29, 1.82) is 0 Å². The van der Waals surface area contributed by atoms with Crippen LogP contribution in [-0.2, 0) is 4.84 Å². The van der Waals surface area contributed by atoms with Gasteiger partial charge in [0.1, 0.15) is 5.15 Å². The lowest BCUT2D eigenvalue weighted by molar-refractivity contribution is 0.182. The Kier molecular flexibility index (Phi) is 5.00. The van der Waals surface area contributed by atoms with Crippen LogP contribution in [0.4, 0.5) is 5.82 Å². The Morgan fingerprint density at radius 2 is 2.05 bits per heavy atom. The Morgan fingerprint density at radius 3 is 2.57 bits per heavy atom. The van der Waals surface area contributed by atoms with Crippen molar-refractivity contribution in [3.63, 3.8) is 0 Å². The number of aromatic nitrogens is 5. The lowest BCUT2D eigenvalue weighted by Crippen LogP contribution is -2.20. The summed E-state index contributed by atoms with van der Waals surface area (Å²) in [6.07, 6.45) is 3.09. The second kappa shape index (κ2) is 6.57. The predicted octanol–water partition coefficient (Wildman–Crippen LogP) is 2.87. The summed E-state index contributed by atoms with van der Waals surface area (Å²) in [5.74, 6) is 0.588. The number of anilines is 1. The SMILES string of the molecule is CON(C)c1nc(-n2ccnn2)nc(Cl)c1/C(Cl)=C(\C)Cl. The van der Waals surface area contributed by atoms with Crippen molar-refractivity contribution in [2.45, 2.75) is 6.92 Å². The first-order valence-corrected chi connectivity index (χ1v) is 6.83. The van der Waals surface area contributed by atoms with Crippen LogP contribution in [0.1, 0.15) is 12.5 Å². The van der Waals surface area contributed by atoms with Crippen molar-refractivity contribution in [3.05, 3.63) is 28.1 Å². The zero-order valence-corrected chi connectivity index (χ0v) is 13.6. The van der Waals surface area contributed by atoms with Gasteiger partial charge in [-0.15, -0.1) is 5.10 Å². The molecule has 10 heteroatoms. The molecule has 112 valence electrons. The summed E-state index contributed by atoms with van der Waals surface area (Å²) in [5.41, 5.74) is 0.374. The van der Waals surface area contributed by atoms with Gasteiger partial charge in [0.2, 0.25) is 0 Å². The van der Waals surface area contributed by atoms with E-state index in [-0.39, 0.29) is 16.1 Å². The molecule has 0 fully saturated rings. The van der Waals surface area contributed by atoms with Crippen LogP contribution in [0.15, 0.2) is 17.4 Å². The van der Waals surface area contributed by atoms with Crippen LogP contribution < -0.4 is 5.06 Å². The van der Waals surface area contributed by atoms with E-state index in [9.17, 15) is 0 Å². The van der Waals surface area contributed by atoms with Crippen molar-refractivity contribution in [2.75, 3.05) is 19.2 Å². The van der Waals surface area contributed by atoms with E-state index in [1.54, 1.807) is 20.2 Å². The molecule has 21 heavy (non-hydrogen) atoms. The number of halogens is 3. The maximum Gasteiger partial charge on any atom is 0.255 e. The molecule has 0 saturated heterocycles. The molecule has 0 bridgehead atoms. The fourth-order valence-corrected chi connectivity index (χ4v) is 2.08. The van der Waals surface area contributed by atoms with Crippen LogP contribution in [0.25, 0.3) is 11.0 Å². The lowest BCUT2D eigenvalue weighted by atomic mass is 10.2. The van der Waals surface area contributed by atoms with Gasteiger partial charge in [-0.1, -0.05) is 40.0 Å². The average Bonchev–Trinajstić information content (AvgIpc) is 2.98. The van der Waals surface area contributed by atoms with Crippen LogP contribution in [0.5, 0.6) is 0 Å². The van der Waals surface area contributed by atoms with E-state index < -0.39 is 0 Å². The number of hydroxylamine groups is 1. The smallest absolute Gasteiger partial charge is 0.255 e. The minimum Gasteiger partial charge on any atom is -0.276 e. The zero-order valence-electron chi connectivity index (χ0n) is 11.4. The van der Waals surface area contributed by atoms with Gasteiger partial charge in [-0.3, -0.25) is 4.84 Å². The van der Waals surface area contributed by atoms with Gasteiger partial charge < -0.3 is 0 Å². The largest absolute Gasteiger partial charge is 0.276 e. The second-order valence-corrected chi connectivity index (χ2v) is 5.19. The number of hydrogen-bond acceptors (Lipinski definition) is 6. The normalized spacial score (nSPS) is 12.3. The predicted molar refractivity (Wildman–Crippen MR) is 81.7 cm³/mol. The lowest BCUT2D eigenvalue weighted by Gasteiger charge is -2.19. The molecule has 0 aliphatic rings. The van der Waals surface area contributed by atoms with Crippen LogP contribution in [0.2, 0.25) is 5.15 Å². The topological polar surface area (TPSA) is 69.0 Å². The third-order valence-corrected chi connectivity index (χ3v) is 3.59. The van der Waals surface area contributed by atoms with Gasteiger partial charge in [-0.25, -0.2) is 5.06 Å². The summed E-state index contributed by atoms with van der Waals surface area (Å²) < 4.78 is 1.37. The zero-order chi connectivity index (χ0) is 15.6. The average molecular weight is 350 g/mol. The van der Waals surface area contributed by atoms with Gasteiger partial charge >= 0.3 is 0 Å². The standard InChI is InChI=1S/C11H11Cl3N6O/c1-6(12)8(13)7-9(14)16-11(20-5-4-15-18-20)17-10(7)19(2)21-3/h4-5H,1-3H3/b8-6-. The van der Waals surface area contributed by atoms with Gasteiger partial charge in [0.15, 0.2) is 5.82 Å². The van der Waals surface area contributed by atoms with E-state index in [0.717, 1.165) is 0 Å². The highest BCUT2D eigenvalue weighted by atomic mass is 35.5. The fraction of sp³-hybridized carbons (Fsp3) is 0.273. The highest BCUT2D eigenvalue weighted by Crippen LogP contribution is 2.36. The maximum atomic E-state index is 6.22. The van der Waals surface area contributed by atoms with Crippen LogP contribution in [0, 0.1) is 0 Å². The minimum absolute atomic E-state index is 0.124. The number of allylic oxidation sites excluding steroid dienone is 1. The molecule has 2 heterocycles. The number of nitrogens with zero attached hydrogens (tertiary/aromatic N) is 6. The molecule has 0 radical (unpaired) electrons. The summed E-state index contributed by atoms with van der Waals surface area (Å²) in [6, 6.07) is 0. The maximum absolute atomic E-state index is 6.22.